The number of allylic oxidation sites excluding steroid dienone is 2. The molecule has 0 aromatic rings. The van der Waals surface area contributed by atoms with Crippen LogP contribution in [0, 0.1) is 0 Å². The molecule has 180 valence electrons. The van der Waals surface area contributed by atoms with Crippen LogP contribution in [-0.4, -0.2) is 59.6 Å². The summed E-state index contributed by atoms with van der Waals surface area (Å²) in [5.74, 6) is 0.0157. The summed E-state index contributed by atoms with van der Waals surface area (Å²) >= 11 is 0. The number of carbonyl (C=O) groups is 2. The van der Waals surface area contributed by atoms with E-state index in [0.29, 0.717) is 32.5 Å². The van der Waals surface area contributed by atoms with Crippen LogP contribution in [0.3, 0.4) is 0 Å². The number of nitrogens with one attached hydrogen (secondary N) is 2. The van der Waals surface area contributed by atoms with Gasteiger partial charge in [-0.05, 0) is 33.6 Å². The second-order valence-electron chi connectivity index (χ2n) is 8.64. The molecule has 0 aliphatic rings. The van der Waals surface area contributed by atoms with E-state index in [2.05, 4.69) is 41.5 Å². The first kappa shape index (κ1) is 29.3. The lowest BCUT2D eigenvalue weighted by molar-refractivity contribution is -0.121. The number of hydrogen-bond donors (Lipinski definition) is 3. The smallest absolute Gasteiger partial charge is 0.224 e. The SMILES string of the molecule is CCCC/C=C/CC(=O)NC(C)CN(CC(C)O)CC(C)NC(=O)C/C=C/CCCC. The van der Waals surface area contributed by atoms with Crippen LogP contribution < -0.4 is 10.6 Å². The maximum atomic E-state index is 12.1. The van der Waals surface area contributed by atoms with Crippen molar-refractivity contribution in [2.75, 3.05) is 19.6 Å². The monoisotopic (exact) mass is 437 g/mol. The van der Waals surface area contributed by atoms with Crippen LogP contribution in [0.1, 0.15) is 86.0 Å². The Morgan fingerprint density at radius 2 is 1.19 bits per heavy atom. The first-order valence-electron chi connectivity index (χ1n) is 12.1. The Morgan fingerprint density at radius 3 is 1.55 bits per heavy atom. The summed E-state index contributed by atoms with van der Waals surface area (Å²) in [6.07, 6.45) is 14.9. The summed E-state index contributed by atoms with van der Waals surface area (Å²) < 4.78 is 0. The quantitative estimate of drug-likeness (QED) is 0.224. The van der Waals surface area contributed by atoms with E-state index in [9.17, 15) is 14.7 Å². The van der Waals surface area contributed by atoms with Crippen LogP contribution in [0.5, 0.6) is 0 Å². The third kappa shape index (κ3) is 18.8. The Labute approximate surface area is 190 Å². The van der Waals surface area contributed by atoms with Gasteiger partial charge in [-0.25, -0.2) is 0 Å². The molecule has 0 aliphatic heterocycles. The molecule has 0 saturated heterocycles. The average Bonchev–Trinajstić information content (AvgIpc) is 2.66. The summed E-state index contributed by atoms with van der Waals surface area (Å²) in [6.45, 7) is 11.7. The predicted molar refractivity (Wildman–Crippen MR) is 130 cm³/mol. The summed E-state index contributed by atoms with van der Waals surface area (Å²) in [6, 6.07) is -0.0839. The number of rotatable bonds is 18. The van der Waals surface area contributed by atoms with E-state index in [4.69, 9.17) is 0 Å². The van der Waals surface area contributed by atoms with Gasteiger partial charge in [0.2, 0.25) is 11.8 Å². The van der Waals surface area contributed by atoms with Crippen LogP contribution in [0.4, 0.5) is 0 Å². The highest BCUT2D eigenvalue weighted by Crippen LogP contribution is 2.01. The van der Waals surface area contributed by atoms with Gasteiger partial charge in [0.15, 0.2) is 0 Å². The van der Waals surface area contributed by atoms with Crippen molar-refractivity contribution >= 4 is 11.8 Å². The molecule has 0 bridgehead atoms. The van der Waals surface area contributed by atoms with Gasteiger partial charge < -0.3 is 15.7 Å². The van der Waals surface area contributed by atoms with Crippen molar-refractivity contribution in [3.05, 3.63) is 24.3 Å². The molecular weight excluding hydrogens is 390 g/mol. The average molecular weight is 438 g/mol. The van der Waals surface area contributed by atoms with Crippen molar-refractivity contribution in [2.24, 2.45) is 0 Å². The van der Waals surface area contributed by atoms with E-state index >= 15 is 0 Å². The number of aliphatic hydroxyl groups excluding tert-OH is 1. The lowest BCUT2D eigenvalue weighted by Gasteiger charge is -2.30. The minimum absolute atomic E-state index is 0.00783. The third-order valence-electron chi connectivity index (χ3n) is 4.79. The van der Waals surface area contributed by atoms with Gasteiger partial charge in [0, 0.05) is 44.6 Å². The molecule has 0 fully saturated rings. The molecule has 6 nitrogen and oxygen atoms in total. The van der Waals surface area contributed by atoms with Crippen LogP contribution >= 0.6 is 0 Å². The van der Waals surface area contributed by atoms with Gasteiger partial charge in [-0.1, -0.05) is 63.8 Å². The maximum absolute atomic E-state index is 12.1. The third-order valence-corrected chi connectivity index (χ3v) is 4.79. The van der Waals surface area contributed by atoms with E-state index in [1.165, 1.54) is 0 Å². The lowest BCUT2D eigenvalue weighted by Crippen LogP contribution is -2.49. The van der Waals surface area contributed by atoms with E-state index in [1.807, 2.05) is 26.0 Å². The number of aliphatic hydroxyl groups is 1. The van der Waals surface area contributed by atoms with Crippen molar-refractivity contribution in [3.8, 4) is 0 Å². The van der Waals surface area contributed by atoms with Gasteiger partial charge >= 0.3 is 0 Å². The second kappa shape index (κ2) is 19.1. The fraction of sp³-hybridized carbons (Fsp3) is 0.760. The van der Waals surface area contributed by atoms with E-state index < -0.39 is 6.10 Å². The number of hydrogen-bond acceptors (Lipinski definition) is 4. The minimum atomic E-state index is -0.478. The number of nitrogens with zero attached hydrogens (tertiary/aromatic N) is 1. The number of carbonyl (C=O) groups excluding carboxylic acids is 2. The van der Waals surface area contributed by atoms with E-state index in [-0.39, 0.29) is 23.9 Å². The Kier molecular flexibility index (Phi) is 18.0. The maximum Gasteiger partial charge on any atom is 0.224 e. The van der Waals surface area contributed by atoms with Crippen LogP contribution in [-0.2, 0) is 9.59 Å². The van der Waals surface area contributed by atoms with Gasteiger partial charge in [0.1, 0.15) is 0 Å². The standard InChI is InChI=1S/C25H47N3O3/c1-6-8-10-12-14-16-24(30)26-21(3)18-28(20-23(5)29)19-22(4)27-25(31)17-15-13-11-9-7-2/h12-15,21-23,29H,6-11,16-20H2,1-5H3,(H,26,30)(H,27,31)/b14-12+,15-13+. The van der Waals surface area contributed by atoms with Gasteiger partial charge in [0.05, 0.1) is 6.10 Å². The topological polar surface area (TPSA) is 81.7 Å². The highest BCUT2D eigenvalue weighted by atomic mass is 16.3. The van der Waals surface area contributed by atoms with Gasteiger partial charge in [0.25, 0.3) is 0 Å². The van der Waals surface area contributed by atoms with Crippen molar-refractivity contribution in [1.82, 2.24) is 15.5 Å². The molecule has 0 rings (SSSR count). The van der Waals surface area contributed by atoms with E-state index in [1.54, 1.807) is 6.92 Å². The number of unbranched alkanes of at least 4 members (excludes halogenated alkanes) is 4. The fourth-order valence-electron chi connectivity index (χ4n) is 3.39. The highest BCUT2D eigenvalue weighted by Gasteiger charge is 2.17. The van der Waals surface area contributed by atoms with Gasteiger partial charge in [-0.3, -0.25) is 14.5 Å². The summed E-state index contributed by atoms with van der Waals surface area (Å²) in [7, 11) is 0. The molecule has 6 heteroatoms. The zero-order chi connectivity index (χ0) is 23.5. The summed E-state index contributed by atoms with van der Waals surface area (Å²) in [5.41, 5.74) is 0. The summed E-state index contributed by atoms with van der Waals surface area (Å²) in [5, 5.41) is 15.9. The molecule has 3 atom stereocenters. The molecule has 3 unspecified atom stereocenters. The molecule has 0 radical (unpaired) electrons. The Hall–Kier alpha value is -1.66. The normalized spacial score (nSPS) is 14.8. The second-order valence-corrected chi connectivity index (χ2v) is 8.64. The van der Waals surface area contributed by atoms with Gasteiger partial charge in [-0.2, -0.15) is 0 Å². The van der Waals surface area contributed by atoms with Crippen LogP contribution in [0.2, 0.25) is 0 Å². The molecular formula is C25H47N3O3. The molecule has 2 amide bonds. The highest BCUT2D eigenvalue weighted by molar-refractivity contribution is 5.78. The molecule has 0 heterocycles. The fourth-order valence-corrected chi connectivity index (χ4v) is 3.39. The Bertz CT molecular complexity index is 490. The zero-order valence-electron chi connectivity index (χ0n) is 20.5. The van der Waals surface area contributed by atoms with Crippen molar-refractivity contribution < 1.29 is 14.7 Å². The van der Waals surface area contributed by atoms with Crippen LogP contribution in [0.25, 0.3) is 0 Å². The summed E-state index contributed by atoms with van der Waals surface area (Å²) in [4.78, 5) is 26.4. The van der Waals surface area contributed by atoms with E-state index in [0.717, 1.165) is 38.5 Å². The largest absolute Gasteiger partial charge is 0.392 e. The number of amides is 2. The van der Waals surface area contributed by atoms with Crippen molar-refractivity contribution in [3.63, 3.8) is 0 Å². The molecule has 0 saturated carbocycles. The van der Waals surface area contributed by atoms with Crippen molar-refractivity contribution in [2.45, 2.75) is 104 Å². The van der Waals surface area contributed by atoms with Crippen LogP contribution in [0.15, 0.2) is 24.3 Å². The van der Waals surface area contributed by atoms with Crippen molar-refractivity contribution in [1.29, 1.82) is 0 Å². The minimum Gasteiger partial charge on any atom is -0.392 e. The molecule has 0 aromatic carbocycles. The lowest BCUT2D eigenvalue weighted by atomic mass is 10.2. The Balaban J connectivity index is 4.44. The van der Waals surface area contributed by atoms with Gasteiger partial charge in [-0.15, -0.1) is 0 Å². The molecule has 0 aromatic heterocycles. The molecule has 0 spiro atoms. The first-order valence-corrected chi connectivity index (χ1v) is 12.1. The molecule has 31 heavy (non-hydrogen) atoms. The molecule has 0 aliphatic carbocycles. The first-order chi connectivity index (χ1) is 14.8. The predicted octanol–water partition coefficient (Wildman–Crippen LogP) is 3.95. The Morgan fingerprint density at radius 1 is 0.774 bits per heavy atom. The molecule has 3 N–H and O–H groups in total. The zero-order valence-corrected chi connectivity index (χ0v) is 20.5.